The van der Waals surface area contributed by atoms with Gasteiger partial charge in [0.15, 0.2) is 0 Å². The zero-order valence-electron chi connectivity index (χ0n) is 13.5. The molecule has 0 radical (unpaired) electrons. The van der Waals surface area contributed by atoms with Crippen molar-refractivity contribution in [2.24, 2.45) is 0 Å². The van der Waals surface area contributed by atoms with Crippen molar-refractivity contribution >= 4 is 17.6 Å². The van der Waals surface area contributed by atoms with Crippen molar-refractivity contribution in [3.05, 3.63) is 60.4 Å². The molecule has 0 spiro atoms. The van der Waals surface area contributed by atoms with Gasteiger partial charge in [0, 0.05) is 24.6 Å². The van der Waals surface area contributed by atoms with Crippen molar-refractivity contribution in [3.8, 4) is 0 Å². The lowest BCUT2D eigenvalue weighted by molar-refractivity contribution is -0.118. The van der Waals surface area contributed by atoms with E-state index >= 15 is 0 Å². The van der Waals surface area contributed by atoms with Crippen LogP contribution in [0.4, 0.5) is 10.5 Å². The zero-order valence-corrected chi connectivity index (χ0v) is 13.5. The normalized spacial score (nSPS) is 18.3. The minimum Gasteiger partial charge on any atom is -0.332 e. The van der Waals surface area contributed by atoms with Crippen LogP contribution in [0.3, 0.4) is 0 Å². The lowest BCUT2D eigenvalue weighted by Gasteiger charge is -2.19. The average molecular weight is 324 g/mol. The van der Waals surface area contributed by atoms with Crippen LogP contribution in [0.5, 0.6) is 0 Å². The van der Waals surface area contributed by atoms with Gasteiger partial charge >= 0.3 is 6.03 Å². The van der Waals surface area contributed by atoms with Crippen LogP contribution in [0.15, 0.2) is 54.9 Å². The predicted octanol–water partition coefficient (Wildman–Crippen LogP) is 2.25. The fourth-order valence-electron chi connectivity index (χ4n) is 2.81. The number of hydrogen-bond acceptors (Lipinski definition) is 3. The van der Waals surface area contributed by atoms with E-state index in [0.717, 1.165) is 11.3 Å². The highest BCUT2D eigenvalue weighted by molar-refractivity contribution is 6.01. The SMILES string of the molecule is C[C@@H](NC(=O)N[C@@H]1CCN(c2ccccc2)C1=O)c1ccncc1. The molecule has 2 aromatic rings. The molecule has 2 N–H and O–H groups in total. The molecule has 0 unspecified atom stereocenters. The van der Waals surface area contributed by atoms with Crippen molar-refractivity contribution in [1.82, 2.24) is 15.6 Å². The number of hydrogen-bond donors (Lipinski definition) is 2. The number of nitrogens with one attached hydrogen (secondary N) is 2. The molecule has 1 aliphatic heterocycles. The third kappa shape index (κ3) is 3.53. The number of pyridine rings is 1. The maximum Gasteiger partial charge on any atom is 0.315 e. The van der Waals surface area contributed by atoms with E-state index in [9.17, 15) is 9.59 Å². The van der Waals surface area contributed by atoms with Gasteiger partial charge in [0.25, 0.3) is 0 Å². The maximum atomic E-state index is 12.5. The number of urea groups is 1. The minimum atomic E-state index is -0.491. The second kappa shape index (κ2) is 7.12. The Morgan fingerprint density at radius 2 is 1.92 bits per heavy atom. The molecular weight excluding hydrogens is 304 g/mol. The molecule has 6 nitrogen and oxygen atoms in total. The van der Waals surface area contributed by atoms with E-state index in [1.807, 2.05) is 49.4 Å². The first kappa shape index (κ1) is 16.0. The summed E-state index contributed by atoms with van der Waals surface area (Å²) in [6, 6.07) is 12.2. The van der Waals surface area contributed by atoms with Gasteiger partial charge < -0.3 is 15.5 Å². The monoisotopic (exact) mass is 324 g/mol. The fraction of sp³-hybridized carbons (Fsp3) is 0.278. The molecule has 0 saturated carbocycles. The summed E-state index contributed by atoms with van der Waals surface area (Å²) in [7, 11) is 0. The number of nitrogens with zero attached hydrogens (tertiary/aromatic N) is 2. The Hall–Kier alpha value is -2.89. The van der Waals surface area contributed by atoms with E-state index in [2.05, 4.69) is 15.6 Å². The third-order valence-electron chi connectivity index (χ3n) is 4.13. The highest BCUT2D eigenvalue weighted by atomic mass is 16.2. The molecule has 0 bridgehead atoms. The first-order valence-electron chi connectivity index (χ1n) is 7.98. The number of amides is 3. The Labute approximate surface area is 140 Å². The molecule has 0 aliphatic carbocycles. The molecule has 1 aromatic heterocycles. The summed E-state index contributed by atoms with van der Waals surface area (Å²) < 4.78 is 0. The van der Waals surface area contributed by atoms with Gasteiger partial charge in [0.1, 0.15) is 6.04 Å². The number of anilines is 1. The summed E-state index contributed by atoms with van der Waals surface area (Å²) in [5.74, 6) is -0.0760. The lowest BCUT2D eigenvalue weighted by atomic mass is 10.1. The first-order valence-corrected chi connectivity index (χ1v) is 7.98. The molecule has 3 amide bonds. The van der Waals surface area contributed by atoms with Crippen LogP contribution in [-0.4, -0.2) is 29.5 Å². The summed E-state index contributed by atoms with van der Waals surface area (Å²) in [5.41, 5.74) is 1.82. The van der Waals surface area contributed by atoms with E-state index in [-0.39, 0.29) is 18.0 Å². The molecule has 2 atom stereocenters. The van der Waals surface area contributed by atoms with Crippen LogP contribution < -0.4 is 15.5 Å². The molecule has 124 valence electrons. The molecule has 1 fully saturated rings. The van der Waals surface area contributed by atoms with Crippen LogP contribution in [0.25, 0.3) is 0 Å². The van der Waals surface area contributed by atoms with Gasteiger partial charge in [0.2, 0.25) is 5.91 Å². The van der Waals surface area contributed by atoms with Crippen LogP contribution in [0, 0.1) is 0 Å². The van der Waals surface area contributed by atoms with E-state index in [1.165, 1.54) is 0 Å². The van der Waals surface area contributed by atoms with E-state index in [1.54, 1.807) is 17.3 Å². The lowest BCUT2D eigenvalue weighted by Crippen LogP contribution is -2.46. The quantitative estimate of drug-likeness (QED) is 0.906. The Balaban J connectivity index is 1.57. The number of aromatic nitrogens is 1. The smallest absolute Gasteiger partial charge is 0.315 e. The van der Waals surface area contributed by atoms with Gasteiger partial charge in [-0.15, -0.1) is 0 Å². The van der Waals surface area contributed by atoms with E-state index in [4.69, 9.17) is 0 Å². The Bertz CT molecular complexity index is 705. The van der Waals surface area contributed by atoms with Crippen molar-refractivity contribution in [3.63, 3.8) is 0 Å². The molecule has 24 heavy (non-hydrogen) atoms. The molecule has 3 rings (SSSR count). The first-order chi connectivity index (χ1) is 11.6. The van der Waals surface area contributed by atoms with Crippen LogP contribution in [0.1, 0.15) is 24.9 Å². The molecule has 1 saturated heterocycles. The van der Waals surface area contributed by atoms with E-state index < -0.39 is 6.04 Å². The van der Waals surface area contributed by atoms with Gasteiger partial charge in [-0.05, 0) is 43.2 Å². The Morgan fingerprint density at radius 1 is 1.21 bits per heavy atom. The molecule has 6 heteroatoms. The highest BCUT2D eigenvalue weighted by Gasteiger charge is 2.33. The zero-order chi connectivity index (χ0) is 16.9. The van der Waals surface area contributed by atoms with Crippen molar-refractivity contribution in [2.75, 3.05) is 11.4 Å². The number of rotatable bonds is 4. The maximum absolute atomic E-state index is 12.5. The topological polar surface area (TPSA) is 74.3 Å². The second-order valence-electron chi connectivity index (χ2n) is 5.79. The summed E-state index contributed by atoms with van der Waals surface area (Å²) in [4.78, 5) is 30.3. The summed E-state index contributed by atoms with van der Waals surface area (Å²) in [6.45, 7) is 2.50. The Morgan fingerprint density at radius 3 is 2.62 bits per heavy atom. The van der Waals surface area contributed by atoms with Gasteiger partial charge in [-0.25, -0.2) is 4.79 Å². The largest absolute Gasteiger partial charge is 0.332 e. The number of para-hydroxylation sites is 1. The number of carbonyl (C=O) groups is 2. The van der Waals surface area contributed by atoms with E-state index in [0.29, 0.717) is 13.0 Å². The van der Waals surface area contributed by atoms with Gasteiger partial charge in [0.05, 0.1) is 6.04 Å². The Kier molecular flexibility index (Phi) is 4.74. The molecule has 1 aliphatic rings. The summed E-state index contributed by atoms with van der Waals surface area (Å²) >= 11 is 0. The molecular formula is C18H20N4O2. The van der Waals surface area contributed by atoms with Crippen LogP contribution in [-0.2, 0) is 4.79 Å². The van der Waals surface area contributed by atoms with Crippen molar-refractivity contribution in [2.45, 2.75) is 25.4 Å². The molecule has 1 aromatic carbocycles. The van der Waals surface area contributed by atoms with Crippen LogP contribution >= 0.6 is 0 Å². The van der Waals surface area contributed by atoms with Gasteiger partial charge in [-0.3, -0.25) is 9.78 Å². The number of carbonyl (C=O) groups excluding carboxylic acids is 2. The van der Waals surface area contributed by atoms with Crippen molar-refractivity contribution in [1.29, 1.82) is 0 Å². The third-order valence-corrected chi connectivity index (χ3v) is 4.13. The van der Waals surface area contributed by atoms with Crippen molar-refractivity contribution < 1.29 is 9.59 Å². The molecule has 2 heterocycles. The standard InChI is InChI=1S/C18H20N4O2/c1-13(14-7-10-19-11-8-14)20-18(24)21-16-9-12-22(17(16)23)15-5-3-2-4-6-15/h2-8,10-11,13,16H,9,12H2,1H3,(H2,20,21,24)/t13-,16-/m1/s1. The van der Waals surface area contributed by atoms with Crippen LogP contribution in [0.2, 0.25) is 0 Å². The van der Waals surface area contributed by atoms with Gasteiger partial charge in [-0.1, -0.05) is 18.2 Å². The number of benzene rings is 1. The summed E-state index contributed by atoms with van der Waals surface area (Å²) in [5, 5.41) is 5.62. The average Bonchev–Trinajstić information content (AvgIpc) is 2.97. The fourth-order valence-corrected chi connectivity index (χ4v) is 2.81. The minimum absolute atomic E-state index is 0.0760. The summed E-state index contributed by atoms with van der Waals surface area (Å²) in [6.07, 6.45) is 3.97. The predicted molar refractivity (Wildman–Crippen MR) is 91.5 cm³/mol. The second-order valence-corrected chi connectivity index (χ2v) is 5.79. The highest BCUT2D eigenvalue weighted by Crippen LogP contribution is 2.21. The van der Waals surface area contributed by atoms with Gasteiger partial charge in [-0.2, -0.15) is 0 Å².